The predicted molar refractivity (Wildman–Crippen MR) is 143 cm³/mol. The molecule has 1 unspecified atom stereocenters. The second-order valence-corrected chi connectivity index (χ2v) is 10.1. The maximum absolute atomic E-state index is 12.7. The number of rotatable bonds is 7. The molecule has 6 rings (SSSR count). The van der Waals surface area contributed by atoms with Gasteiger partial charge < -0.3 is 14.4 Å². The van der Waals surface area contributed by atoms with Gasteiger partial charge in [-0.3, -0.25) is 10.1 Å². The number of aliphatic carboxylic acids is 1. The van der Waals surface area contributed by atoms with Crippen LogP contribution in [-0.4, -0.2) is 22.3 Å². The minimum absolute atomic E-state index is 0.403. The van der Waals surface area contributed by atoms with Crippen LogP contribution in [0.25, 0.3) is 22.5 Å². The maximum Gasteiger partial charge on any atom is 0.412 e. The summed E-state index contributed by atoms with van der Waals surface area (Å²) in [4.78, 5) is 24.4. The number of benzene rings is 3. The van der Waals surface area contributed by atoms with Crippen LogP contribution in [-0.2, 0) is 27.8 Å². The number of carbonyl (C=O) groups excluding carboxylic acids is 1. The standard InChI is InChI=1S/C31H28N2O5/c1-19(20-6-3-2-4-7-20)37-30(36)33-27-18-32-38-28(27)26-15-14-23(24-8-5-9-25(24)26)21-10-12-22(13-11-21)31(16-17-31)29(34)35/h2-4,6-7,10-15,18-19H,5,8-9,16-17H2,1H3,(H,33,36)(H,34,35). The number of hydrogen-bond acceptors (Lipinski definition) is 5. The fourth-order valence-electron chi connectivity index (χ4n) is 5.52. The van der Waals surface area contributed by atoms with E-state index in [1.54, 1.807) is 0 Å². The van der Waals surface area contributed by atoms with Crippen LogP contribution < -0.4 is 5.32 Å². The van der Waals surface area contributed by atoms with Gasteiger partial charge in [0.2, 0.25) is 0 Å². The molecule has 192 valence electrons. The molecule has 1 aromatic heterocycles. The van der Waals surface area contributed by atoms with E-state index in [0.717, 1.165) is 47.1 Å². The molecule has 3 aromatic carbocycles. The van der Waals surface area contributed by atoms with Gasteiger partial charge in [-0.2, -0.15) is 0 Å². The second-order valence-electron chi connectivity index (χ2n) is 10.1. The molecule has 1 atom stereocenters. The molecule has 1 fully saturated rings. The molecule has 2 aliphatic rings. The van der Waals surface area contributed by atoms with E-state index < -0.39 is 23.6 Å². The van der Waals surface area contributed by atoms with Crippen LogP contribution in [0.3, 0.4) is 0 Å². The van der Waals surface area contributed by atoms with Crippen molar-refractivity contribution in [1.82, 2.24) is 5.16 Å². The highest BCUT2D eigenvalue weighted by molar-refractivity contribution is 5.91. The van der Waals surface area contributed by atoms with E-state index in [1.165, 1.54) is 17.3 Å². The van der Waals surface area contributed by atoms with Crippen LogP contribution in [0, 0.1) is 0 Å². The minimum Gasteiger partial charge on any atom is -0.481 e. The van der Waals surface area contributed by atoms with Crippen LogP contribution in [0.2, 0.25) is 0 Å². The van der Waals surface area contributed by atoms with Gasteiger partial charge in [0.1, 0.15) is 11.8 Å². The smallest absolute Gasteiger partial charge is 0.412 e. The molecule has 7 nitrogen and oxygen atoms in total. The molecule has 0 aliphatic heterocycles. The van der Waals surface area contributed by atoms with Crippen LogP contribution in [0.1, 0.15) is 54.5 Å². The molecule has 1 heterocycles. The van der Waals surface area contributed by atoms with E-state index in [0.29, 0.717) is 24.3 Å². The molecule has 38 heavy (non-hydrogen) atoms. The van der Waals surface area contributed by atoms with Gasteiger partial charge in [0.05, 0.1) is 11.6 Å². The Morgan fingerprint density at radius 2 is 1.66 bits per heavy atom. The zero-order valence-electron chi connectivity index (χ0n) is 21.1. The van der Waals surface area contributed by atoms with Gasteiger partial charge in [0, 0.05) is 5.56 Å². The first-order chi connectivity index (χ1) is 18.5. The number of aromatic nitrogens is 1. The minimum atomic E-state index is -0.745. The fourth-order valence-corrected chi connectivity index (χ4v) is 5.52. The predicted octanol–water partition coefficient (Wildman–Crippen LogP) is 6.92. The number of amides is 1. The van der Waals surface area contributed by atoms with Gasteiger partial charge >= 0.3 is 12.1 Å². The SMILES string of the molecule is CC(OC(=O)Nc1cnoc1-c1ccc(-c2ccc(C3(C(=O)O)CC3)cc2)c2c1CCC2)c1ccccc1. The van der Waals surface area contributed by atoms with E-state index in [2.05, 4.69) is 16.5 Å². The highest BCUT2D eigenvalue weighted by atomic mass is 16.6. The third kappa shape index (κ3) is 4.24. The molecule has 7 heteroatoms. The van der Waals surface area contributed by atoms with Crippen LogP contribution >= 0.6 is 0 Å². The second kappa shape index (κ2) is 9.49. The molecule has 0 bridgehead atoms. The number of nitrogens with one attached hydrogen (secondary N) is 1. The summed E-state index contributed by atoms with van der Waals surface area (Å²) in [5.74, 6) is -0.239. The summed E-state index contributed by atoms with van der Waals surface area (Å²) in [7, 11) is 0. The summed E-state index contributed by atoms with van der Waals surface area (Å²) in [6.07, 6.45) is 4.76. The number of carboxylic acids is 1. The Bertz CT molecular complexity index is 1500. The van der Waals surface area contributed by atoms with Crippen molar-refractivity contribution in [2.45, 2.75) is 50.5 Å². The maximum atomic E-state index is 12.7. The van der Waals surface area contributed by atoms with E-state index in [1.807, 2.05) is 67.6 Å². The first-order valence-corrected chi connectivity index (χ1v) is 12.9. The fraction of sp³-hybridized carbons (Fsp3) is 0.258. The first-order valence-electron chi connectivity index (χ1n) is 12.9. The summed E-state index contributed by atoms with van der Waals surface area (Å²) in [6.45, 7) is 1.83. The Kier molecular flexibility index (Phi) is 5.98. The van der Waals surface area contributed by atoms with Gasteiger partial charge in [-0.05, 0) is 72.4 Å². The lowest BCUT2D eigenvalue weighted by Crippen LogP contribution is -2.19. The van der Waals surface area contributed by atoms with Crippen LogP contribution in [0.5, 0.6) is 0 Å². The van der Waals surface area contributed by atoms with Crippen molar-refractivity contribution in [2.75, 3.05) is 5.32 Å². The van der Waals surface area contributed by atoms with Crippen molar-refractivity contribution in [1.29, 1.82) is 0 Å². The molecular weight excluding hydrogens is 480 g/mol. The van der Waals surface area contributed by atoms with E-state index >= 15 is 0 Å². The van der Waals surface area contributed by atoms with Gasteiger partial charge in [-0.25, -0.2) is 4.79 Å². The number of carboxylic acid groups (broad SMARTS) is 1. The van der Waals surface area contributed by atoms with Gasteiger partial charge in [-0.15, -0.1) is 0 Å². The van der Waals surface area contributed by atoms with Crippen LogP contribution in [0.15, 0.2) is 77.4 Å². The van der Waals surface area contributed by atoms with Crippen molar-refractivity contribution in [3.05, 3.63) is 95.2 Å². The first kappa shape index (κ1) is 24.0. The highest BCUT2D eigenvalue weighted by Gasteiger charge is 2.51. The average molecular weight is 509 g/mol. The van der Waals surface area contributed by atoms with Crippen molar-refractivity contribution in [3.63, 3.8) is 0 Å². The topological polar surface area (TPSA) is 102 Å². The van der Waals surface area contributed by atoms with E-state index in [4.69, 9.17) is 9.26 Å². The van der Waals surface area contributed by atoms with Crippen molar-refractivity contribution in [2.24, 2.45) is 0 Å². The lowest BCUT2D eigenvalue weighted by Gasteiger charge is -2.16. The number of fused-ring (bicyclic) bond motifs is 1. The van der Waals surface area contributed by atoms with Crippen molar-refractivity contribution < 1.29 is 24.0 Å². The summed E-state index contributed by atoms with van der Waals surface area (Å²) in [5.41, 5.74) is 7.07. The Morgan fingerprint density at radius 1 is 0.974 bits per heavy atom. The number of carbonyl (C=O) groups is 2. The normalized spacial score (nSPS) is 15.9. The number of ether oxygens (including phenoxy) is 1. The molecule has 0 radical (unpaired) electrons. The Labute approximate surface area is 220 Å². The Hall–Kier alpha value is -4.39. The molecule has 1 amide bonds. The van der Waals surface area contributed by atoms with E-state index in [9.17, 15) is 14.7 Å². The van der Waals surface area contributed by atoms with Gasteiger partial charge in [0.25, 0.3) is 0 Å². The average Bonchev–Trinajstić information content (AvgIpc) is 3.38. The number of anilines is 1. The zero-order chi connectivity index (χ0) is 26.3. The largest absolute Gasteiger partial charge is 0.481 e. The molecular formula is C31H28N2O5. The summed E-state index contributed by atoms with van der Waals surface area (Å²) in [6, 6.07) is 21.6. The molecule has 4 aromatic rings. The van der Waals surface area contributed by atoms with Crippen molar-refractivity contribution in [3.8, 4) is 22.5 Å². The van der Waals surface area contributed by atoms with Crippen LogP contribution in [0.4, 0.5) is 10.5 Å². The van der Waals surface area contributed by atoms with Gasteiger partial charge in [0.15, 0.2) is 5.76 Å². The summed E-state index contributed by atoms with van der Waals surface area (Å²) in [5, 5.41) is 16.4. The number of hydrogen-bond donors (Lipinski definition) is 2. The summed E-state index contributed by atoms with van der Waals surface area (Å²) < 4.78 is 11.2. The Balaban J connectivity index is 1.25. The molecule has 0 saturated heterocycles. The zero-order valence-corrected chi connectivity index (χ0v) is 21.1. The van der Waals surface area contributed by atoms with Gasteiger partial charge in [-0.1, -0.05) is 71.9 Å². The molecule has 2 N–H and O–H groups in total. The lowest BCUT2D eigenvalue weighted by atomic mass is 9.90. The molecule has 0 spiro atoms. The third-order valence-corrected chi connectivity index (χ3v) is 7.80. The lowest BCUT2D eigenvalue weighted by molar-refractivity contribution is -0.140. The summed E-state index contributed by atoms with van der Waals surface area (Å²) >= 11 is 0. The Morgan fingerprint density at radius 3 is 2.34 bits per heavy atom. The van der Waals surface area contributed by atoms with E-state index in [-0.39, 0.29) is 0 Å². The van der Waals surface area contributed by atoms with Crippen molar-refractivity contribution >= 4 is 17.7 Å². The third-order valence-electron chi connectivity index (χ3n) is 7.80. The quantitative estimate of drug-likeness (QED) is 0.281. The highest BCUT2D eigenvalue weighted by Crippen LogP contribution is 2.49. The molecule has 2 aliphatic carbocycles. The monoisotopic (exact) mass is 508 g/mol. The number of nitrogens with zero attached hydrogens (tertiary/aromatic N) is 1. The molecule has 1 saturated carbocycles.